The Morgan fingerprint density at radius 2 is 1.57 bits per heavy atom. The van der Waals surface area contributed by atoms with Crippen LogP contribution in [0.5, 0.6) is 23.0 Å². The van der Waals surface area contributed by atoms with Gasteiger partial charge in [0.25, 0.3) is 11.6 Å². The first-order chi connectivity index (χ1) is 16.7. The molecule has 0 bridgehead atoms. The molecular formula is C23H28N4O7S. The summed E-state index contributed by atoms with van der Waals surface area (Å²) in [6.45, 7) is 0.988. The minimum Gasteiger partial charge on any atom is -0.495 e. The maximum Gasteiger partial charge on any atom is 0.286 e. The lowest BCUT2D eigenvalue weighted by Crippen LogP contribution is -2.34. The van der Waals surface area contributed by atoms with Crippen LogP contribution in [0.25, 0.3) is 10.2 Å². The quantitative estimate of drug-likeness (QED) is 0.284. The van der Waals surface area contributed by atoms with Gasteiger partial charge in [0, 0.05) is 12.6 Å². The Hall–Kier alpha value is -3.64. The number of anilines is 1. The molecule has 3 rings (SSSR count). The molecule has 0 aliphatic rings. The van der Waals surface area contributed by atoms with Crippen LogP contribution in [0.4, 0.5) is 10.8 Å². The largest absolute Gasteiger partial charge is 0.495 e. The maximum absolute atomic E-state index is 13.8. The van der Waals surface area contributed by atoms with Gasteiger partial charge in [0.1, 0.15) is 27.3 Å². The van der Waals surface area contributed by atoms with Gasteiger partial charge in [0.05, 0.1) is 39.4 Å². The van der Waals surface area contributed by atoms with Crippen molar-refractivity contribution in [1.82, 2.24) is 9.88 Å². The molecule has 0 unspecified atom stereocenters. The third-order valence-corrected chi connectivity index (χ3v) is 6.38. The zero-order chi connectivity index (χ0) is 25.7. The summed E-state index contributed by atoms with van der Waals surface area (Å²) in [6.07, 6.45) is 0.615. The number of ether oxygens (including phenoxy) is 4. The highest BCUT2D eigenvalue weighted by Gasteiger charge is 2.30. The lowest BCUT2D eigenvalue weighted by atomic mass is 10.1. The van der Waals surface area contributed by atoms with E-state index in [1.54, 1.807) is 19.2 Å². The Kier molecular flexibility index (Phi) is 8.30. The Bertz CT molecular complexity index is 1190. The van der Waals surface area contributed by atoms with Gasteiger partial charge in [-0.15, -0.1) is 0 Å². The summed E-state index contributed by atoms with van der Waals surface area (Å²) in [5.74, 6) is 0.906. The number of rotatable bonds is 11. The SMILES string of the molecule is COc1cc(C(=O)N(CCCN(C)C)c2nc3c(OC)ccc(OC)c3s2)c([N+](=O)[O-])cc1OC. The zero-order valence-electron chi connectivity index (χ0n) is 20.5. The van der Waals surface area contributed by atoms with Gasteiger partial charge in [-0.25, -0.2) is 4.98 Å². The molecule has 3 aromatic rings. The summed E-state index contributed by atoms with van der Waals surface area (Å²) in [5.41, 5.74) is 0.0243. The fraction of sp³-hybridized carbons (Fsp3) is 0.391. The number of amides is 1. The summed E-state index contributed by atoms with van der Waals surface area (Å²) >= 11 is 1.25. The van der Waals surface area contributed by atoms with E-state index in [1.807, 2.05) is 19.0 Å². The van der Waals surface area contributed by atoms with Crippen LogP contribution in [0.2, 0.25) is 0 Å². The number of fused-ring (bicyclic) bond motifs is 1. The molecule has 188 valence electrons. The van der Waals surface area contributed by atoms with Crippen LogP contribution in [0.15, 0.2) is 24.3 Å². The number of methoxy groups -OCH3 is 4. The van der Waals surface area contributed by atoms with Crippen molar-refractivity contribution in [1.29, 1.82) is 0 Å². The number of aromatic nitrogens is 1. The summed E-state index contributed by atoms with van der Waals surface area (Å²) in [4.78, 5) is 33.2. The molecular weight excluding hydrogens is 476 g/mol. The minimum absolute atomic E-state index is 0.129. The number of nitrogens with zero attached hydrogens (tertiary/aromatic N) is 4. The van der Waals surface area contributed by atoms with Gasteiger partial charge in [0.15, 0.2) is 16.6 Å². The molecule has 1 heterocycles. The maximum atomic E-state index is 13.8. The van der Waals surface area contributed by atoms with Crippen molar-refractivity contribution < 1.29 is 28.7 Å². The van der Waals surface area contributed by atoms with E-state index in [9.17, 15) is 14.9 Å². The van der Waals surface area contributed by atoms with Gasteiger partial charge in [-0.3, -0.25) is 19.8 Å². The second kappa shape index (κ2) is 11.2. The second-order valence-electron chi connectivity index (χ2n) is 7.74. The molecule has 11 nitrogen and oxygen atoms in total. The molecule has 0 radical (unpaired) electrons. The van der Waals surface area contributed by atoms with Crippen LogP contribution in [-0.2, 0) is 0 Å². The van der Waals surface area contributed by atoms with E-state index in [-0.39, 0.29) is 29.3 Å². The Morgan fingerprint density at radius 1 is 0.971 bits per heavy atom. The molecule has 0 saturated heterocycles. The molecule has 0 spiro atoms. The molecule has 0 N–H and O–H groups in total. The van der Waals surface area contributed by atoms with Crippen molar-refractivity contribution in [3.05, 3.63) is 39.9 Å². The van der Waals surface area contributed by atoms with E-state index in [4.69, 9.17) is 18.9 Å². The molecule has 35 heavy (non-hydrogen) atoms. The van der Waals surface area contributed by atoms with Crippen LogP contribution in [0.1, 0.15) is 16.8 Å². The van der Waals surface area contributed by atoms with E-state index in [0.717, 1.165) is 0 Å². The predicted octanol–water partition coefficient (Wildman–Crippen LogP) is 3.84. The van der Waals surface area contributed by atoms with Crippen molar-refractivity contribution in [2.45, 2.75) is 6.42 Å². The Balaban J connectivity index is 2.17. The minimum atomic E-state index is -0.613. The highest BCUT2D eigenvalue weighted by molar-refractivity contribution is 7.22. The molecule has 0 aliphatic heterocycles. The van der Waals surface area contributed by atoms with E-state index in [0.29, 0.717) is 39.8 Å². The number of carbonyl (C=O) groups is 1. The monoisotopic (exact) mass is 504 g/mol. The van der Waals surface area contributed by atoms with Crippen LogP contribution < -0.4 is 23.8 Å². The number of hydrogen-bond acceptors (Lipinski definition) is 10. The lowest BCUT2D eigenvalue weighted by Gasteiger charge is -2.21. The second-order valence-corrected chi connectivity index (χ2v) is 8.72. The van der Waals surface area contributed by atoms with Crippen molar-refractivity contribution in [2.75, 3.05) is 60.5 Å². The van der Waals surface area contributed by atoms with E-state index in [2.05, 4.69) is 4.98 Å². The predicted molar refractivity (Wildman–Crippen MR) is 134 cm³/mol. The smallest absolute Gasteiger partial charge is 0.286 e. The highest BCUT2D eigenvalue weighted by Crippen LogP contribution is 2.41. The van der Waals surface area contributed by atoms with Gasteiger partial charge < -0.3 is 23.8 Å². The molecule has 2 aromatic carbocycles. The van der Waals surface area contributed by atoms with Gasteiger partial charge in [-0.05, 0) is 39.2 Å². The van der Waals surface area contributed by atoms with Gasteiger partial charge in [-0.1, -0.05) is 11.3 Å². The standard InChI is InChI=1S/C23H28N4O7S/c1-25(2)10-7-11-26(23-24-20-16(31-3)8-9-17(32-4)21(20)35-23)22(28)14-12-18(33-5)19(34-6)13-15(14)27(29)30/h8-9,12-13H,7,10-11H2,1-6H3. The highest BCUT2D eigenvalue weighted by atomic mass is 32.1. The molecule has 0 saturated carbocycles. The van der Waals surface area contributed by atoms with E-state index < -0.39 is 10.8 Å². The summed E-state index contributed by atoms with van der Waals surface area (Å²) in [5, 5.41) is 12.2. The molecule has 1 amide bonds. The van der Waals surface area contributed by atoms with Gasteiger partial charge >= 0.3 is 0 Å². The molecule has 0 aliphatic carbocycles. The normalized spacial score (nSPS) is 10.9. The number of nitro groups is 1. The number of carbonyl (C=O) groups excluding carboxylic acids is 1. The lowest BCUT2D eigenvalue weighted by molar-refractivity contribution is -0.385. The third-order valence-electron chi connectivity index (χ3n) is 5.29. The number of thiazole rings is 1. The van der Waals surface area contributed by atoms with E-state index in [1.165, 1.54) is 49.7 Å². The zero-order valence-corrected chi connectivity index (χ0v) is 21.3. The van der Waals surface area contributed by atoms with Crippen molar-refractivity contribution >= 4 is 38.3 Å². The Morgan fingerprint density at radius 3 is 2.14 bits per heavy atom. The fourth-order valence-corrected chi connectivity index (χ4v) is 4.65. The summed E-state index contributed by atoms with van der Waals surface area (Å²) in [7, 11) is 9.72. The topological polar surface area (TPSA) is 117 Å². The molecule has 12 heteroatoms. The van der Waals surface area contributed by atoms with E-state index >= 15 is 0 Å². The number of benzene rings is 2. The van der Waals surface area contributed by atoms with Crippen LogP contribution >= 0.6 is 11.3 Å². The molecule has 0 fully saturated rings. The van der Waals surface area contributed by atoms with Crippen LogP contribution in [0, 0.1) is 10.1 Å². The summed E-state index contributed by atoms with van der Waals surface area (Å²) in [6, 6.07) is 6.02. The average Bonchev–Trinajstić information content (AvgIpc) is 3.29. The van der Waals surface area contributed by atoms with Crippen molar-refractivity contribution in [3.8, 4) is 23.0 Å². The Labute approximate surface area is 206 Å². The van der Waals surface area contributed by atoms with Crippen molar-refractivity contribution in [2.24, 2.45) is 0 Å². The van der Waals surface area contributed by atoms with Gasteiger partial charge in [-0.2, -0.15) is 0 Å². The average molecular weight is 505 g/mol. The number of hydrogen-bond donors (Lipinski definition) is 0. The first kappa shape index (κ1) is 26.0. The van der Waals surface area contributed by atoms with Gasteiger partial charge in [0.2, 0.25) is 0 Å². The van der Waals surface area contributed by atoms with Crippen LogP contribution in [0.3, 0.4) is 0 Å². The van der Waals surface area contributed by atoms with Crippen LogP contribution in [-0.4, -0.2) is 76.3 Å². The first-order valence-electron chi connectivity index (χ1n) is 10.6. The summed E-state index contributed by atoms with van der Waals surface area (Å²) < 4.78 is 22.1. The first-order valence-corrected chi connectivity index (χ1v) is 11.5. The molecule has 0 atom stereocenters. The third kappa shape index (κ3) is 5.38. The fourth-order valence-electron chi connectivity index (χ4n) is 3.55. The van der Waals surface area contributed by atoms with Crippen molar-refractivity contribution in [3.63, 3.8) is 0 Å². The number of nitro benzene ring substituents is 1. The molecule has 1 aromatic heterocycles.